The normalized spacial score (nSPS) is 17.0. The molecule has 1 aliphatic carbocycles. The highest BCUT2D eigenvalue weighted by Crippen LogP contribution is 2.13. The third-order valence-corrected chi connectivity index (χ3v) is 1.35. The fourth-order valence-electron chi connectivity index (χ4n) is 0.792. The summed E-state index contributed by atoms with van der Waals surface area (Å²) in [6, 6.07) is 0. The molecule has 0 heterocycles. The lowest BCUT2D eigenvalue weighted by Gasteiger charge is -1.88. The second-order valence-electron chi connectivity index (χ2n) is 2.13. The summed E-state index contributed by atoms with van der Waals surface area (Å²) in [7, 11) is 0. The van der Waals surface area contributed by atoms with E-state index in [1.54, 1.807) is 13.0 Å². The Labute approximate surface area is 54.0 Å². The van der Waals surface area contributed by atoms with E-state index in [0.29, 0.717) is 12.1 Å². The molecule has 48 valence electrons. The van der Waals surface area contributed by atoms with Crippen molar-refractivity contribution in [2.45, 2.75) is 13.3 Å². The Morgan fingerprint density at radius 2 is 2.44 bits per heavy atom. The lowest BCUT2D eigenvalue weighted by molar-refractivity contribution is -0.113. The van der Waals surface area contributed by atoms with Gasteiger partial charge < -0.3 is 5.73 Å². The molecule has 0 aromatic carbocycles. The third kappa shape index (κ3) is 1.19. The van der Waals surface area contributed by atoms with Crippen LogP contribution in [0.1, 0.15) is 13.3 Å². The molecule has 0 fully saturated rings. The van der Waals surface area contributed by atoms with Crippen LogP contribution in [0.25, 0.3) is 0 Å². The zero-order valence-electron chi connectivity index (χ0n) is 5.35. The van der Waals surface area contributed by atoms with Crippen molar-refractivity contribution in [2.75, 3.05) is 0 Å². The molecule has 1 aliphatic rings. The van der Waals surface area contributed by atoms with Gasteiger partial charge in [0, 0.05) is 11.3 Å². The van der Waals surface area contributed by atoms with Crippen LogP contribution in [-0.2, 0) is 4.79 Å². The maximum Gasteiger partial charge on any atom is 0.156 e. The Hall–Kier alpha value is -1.05. The molecule has 0 radical (unpaired) electrons. The van der Waals surface area contributed by atoms with E-state index in [9.17, 15) is 4.79 Å². The van der Waals surface area contributed by atoms with E-state index in [1.165, 1.54) is 0 Å². The SMILES string of the molecule is CC(=O)C1=CC(N)=CC1. The summed E-state index contributed by atoms with van der Waals surface area (Å²) in [5.41, 5.74) is 6.92. The van der Waals surface area contributed by atoms with Crippen LogP contribution in [0.15, 0.2) is 23.4 Å². The van der Waals surface area contributed by atoms with Crippen LogP contribution in [0, 0.1) is 0 Å². The quantitative estimate of drug-likeness (QED) is 0.559. The van der Waals surface area contributed by atoms with Gasteiger partial charge in [-0.05, 0) is 19.4 Å². The highest BCUT2D eigenvalue weighted by atomic mass is 16.1. The number of rotatable bonds is 1. The smallest absolute Gasteiger partial charge is 0.156 e. The number of hydrogen-bond donors (Lipinski definition) is 1. The predicted molar refractivity (Wildman–Crippen MR) is 35.7 cm³/mol. The maximum absolute atomic E-state index is 10.6. The Kier molecular flexibility index (Phi) is 1.39. The van der Waals surface area contributed by atoms with Gasteiger partial charge in [-0.1, -0.05) is 6.08 Å². The van der Waals surface area contributed by atoms with Crippen LogP contribution in [0.5, 0.6) is 0 Å². The van der Waals surface area contributed by atoms with Gasteiger partial charge in [-0.2, -0.15) is 0 Å². The molecule has 0 spiro atoms. The van der Waals surface area contributed by atoms with Crippen molar-refractivity contribution in [2.24, 2.45) is 5.73 Å². The van der Waals surface area contributed by atoms with Crippen LogP contribution in [0.2, 0.25) is 0 Å². The number of carbonyl (C=O) groups is 1. The number of allylic oxidation sites excluding steroid dienone is 3. The maximum atomic E-state index is 10.6. The van der Waals surface area contributed by atoms with Gasteiger partial charge in [0.25, 0.3) is 0 Å². The summed E-state index contributed by atoms with van der Waals surface area (Å²) >= 11 is 0. The number of carbonyl (C=O) groups excluding carboxylic acids is 1. The second-order valence-corrected chi connectivity index (χ2v) is 2.13. The second kappa shape index (κ2) is 2.05. The third-order valence-electron chi connectivity index (χ3n) is 1.35. The number of nitrogens with two attached hydrogens (primary N) is 1. The summed E-state index contributed by atoms with van der Waals surface area (Å²) < 4.78 is 0. The average Bonchev–Trinajstić information content (AvgIpc) is 2.14. The van der Waals surface area contributed by atoms with Crippen LogP contribution in [0.4, 0.5) is 0 Å². The highest BCUT2D eigenvalue weighted by molar-refractivity contribution is 5.94. The first-order valence-corrected chi connectivity index (χ1v) is 2.87. The van der Waals surface area contributed by atoms with Crippen molar-refractivity contribution in [3.63, 3.8) is 0 Å². The first-order chi connectivity index (χ1) is 4.20. The van der Waals surface area contributed by atoms with Gasteiger partial charge in [-0.25, -0.2) is 0 Å². The minimum atomic E-state index is 0.117. The Morgan fingerprint density at radius 1 is 1.78 bits per heavy atom. The molecule has 1 rings (SSSR count). The Balaban J connectivity index is 2.71. The summed E-state index contributed by atoms with van der Waals surface area (Å²) in [5, 5.41) is 0. The first-order valence-electron chi connectivity index (χ1n) is 2.87. The summed E-state index contributed by atoms with van der Waals surface area (Å²) in [4.78, 5) is 10.6. The molecule has 0 atom stereocenters. The molecule has 0 saturated heterocycles. The molecule has 0 aromatic heterocycles. The highest BCUT2D eigenvalue weighted by Gasteiger charge is 2.06. The molecule has 0 aromatic rings. The van der Waals surface area contributed by atoms with Crippen molar-refractivity contribution in [1.29, 1.82) is 0 Å². The van der Waals surface area contributed by atoms with Crippen molar-refractivity contribution in [1.82, 2.24) is 0 Å². The topological polar surface area (TPSA) is 43.1 Å². The minimum absolute atomic E-state index is 0.117. The van der Waals surface area contributed by atoms with E-state index in [0.717, 1.165) is 5.57 Å². The first kappa shape index (κ1) is 6.08. The minimum Gasteiger partial charge on any atom is -0.399 e. The molecule has 2 N–H and O–H groups in total. The number of Topliss-reactive ketones (excluding diaryl/α,β-unsaturated/α-hetero) is 1. The van der Waals surface area contributed by atoms with Crippen molar-refractivity contribution in [3.05, 3.63) is 23.4 Å². The summed E-state index contributed by atoms with van der Waals surface area (Å²) in [6.07, 6.45) is 4.28. The molecular formula is C7H9NO. The van der Waals surface area contributed by atoms with Gasteiger partial charge in [0.1, 0.15) is 0 Å². The molecule has 0 bridgehead atoms. The van der Waals surface area contributed by atoms with Gasteiger partial charge in [0.2, 0.25) is 0 Å². The lowest BCUT2D eigenvalue weighted by Crippen LogP contribution is -1.93. The van der Waals surface area contributed by atoms with Crippen LogP contribution in [0.3, 0.4) is 0 Å². The van der Waals surface area contributed by atoms with E-state index >= 15 is 0 Å². The zero-order chi connectivity index (χ0) is 6.85. The van der Waals surface area contributed by atoms with Crippen molar-refractivity contribution in [3.8, 4) is 0 Å². The van der Waals surface area contributed by atoms with Gasteiger partial charge in [0.15, 0.2) is 5.78 Å². The summed E-state index contributed by atoms with van der Waals surface area (Å²) in [6.45, 7) is 1.55. The molecule has 0 amide bonds. The monoisotopic (exact) mass is 123 g/mol. The Morgan fingerprint density at radius 3 is 2.67 bits per heavy atom. The van der Waals surface area contributed by atoms with E-state index in [2.05, 4.69) is 0 Å². The molecule has 9 heavy (non-hydrogen) atoms. The molecule has 0 aliphatic heterocycles. The van der Waals surface area contributed by atoms with E-state index in [-0.39, 0.29) is 5.78 Å². The van der Waals surface area contributed by atoms with Crippen molar-refractivity contribution < 1.29 is 4.79 Å². The number of hydrogen-bond acceptors (Lipinski definition) is 2. The van der Waals surface area contributed by atoms with Gasteiger partial charge in [-0.15, -0.1) is 0 Å². The van der Waals surface area contributed by atoms with Crippen molar-refractivity contribution >= 4 is 5.78 Å². The average molecular weight is 123 g/mol. The van der Waals surface area contributed by atoms with Crippen LogP contribution < -0.4 is 5.73 Å². The van der Waals surface area contributed by atoms with E-state index in [4.69, 9.17) is 5.73 Å². The molecular weight excluding hydrogens is 114 g/mol. The van der Waals surface area contributed by atoms with Gasteiger partial charge >= 0.3 is 0 Å². The van der Waals surface area contributed by atoms with Gasteiger partial charge in [-0.3, -0.25) is 4.79 Å². The predicted octanol–water partition coefficient (Wildman–Crippen LogP) is 0.748. The molecule has 2 nitrogen and oxygen atoms in total. The van der Waals surface area contributed by atoms with Crippen LogP contribution >= 0.6 is 0 Å². The van der Waals surface area contributed by atoms with Crippen LogP contribution in [-0.4, -0.2) is 5.78 Å². The summed E-state index contributed by atoms with van der Waals surface area (Å²) in [5.74, 6) is 0.117. The largest absolute Gasteiger partial charge is 0.399 e. The standard InChI is InChI=1S/C7H9NO/c1-5(9)6-2-3-7(8)4-6/h3-4H,2,8H2,1H3. The molecule has 2 heteroatoms. The fraction of sp³-hybridized carbons (Fsp3) is 0.286. The zero-order valence-corrected chi connectivity index (χ0v) is 5.35. The van der Waals surface area contributed by atoms with E-state index in [1.807, 2.05) is 6.08 Å². The Bertz CT molecular complexity index is 201. The number of ketones is 1. The fourth-order valence-corrected chi connectivity index (χ4v) is 0.792. The molecule has 0 unspecified atom stereocenters. The van der Waals surface area contributed by atoms with Gasteiger partial charge in [0.05, 0.1) is 0 Å². The lowest BCUT2D eigenvalue weighted by atomic mass is 10.2. The van der Waals surface area contributed by atoms with E-state index < -0.39 is 0 Å². The molecule has 0 saturated carbocycles.